The zero-order valence-electron chi connectivity index (χ0n) is 17.7. The van der Waals surface area contributed by atoms with Crippen molar-refractivity contribution in [3.63, 3.8) is 0 Å². The summed E-state index contributed by atoms with van der Waals surface area (Å²) in [5, 5.41) is 0.735. The zero-order chi connectivity index (χ0) is 21.3. The predicted octanol–water partition coefficient (Wildman–Crippen LogP) is 5.92. The van der Waals surface area contributed by atoms with E-state index in [0.29, 0.717) is 16.7 Å². The van der Waals surface area contributed by atoms with Gasteiger partial charge in [-0.15, -0.1) is 11.3 Å². The fourth-order valence-corrected chi connectivity index (χ4v) is 5.99. The van der Waals surface area contributed by atoms with Gasteiger partial charge in [-0.2, -0.15) is 0 Å². The Morgan fingerprint density at radius 1 is 1.14 bits per heavy atom. The van der Waals surface area contributed by atoms with Crippen molar-refractivity contribution in [2.45, 2.75) is 63.8 Å². The molecule has 2 rings (SSSR count). The number of benzene rings is 1. The number of nitrogens with zero attached hydrogens (tertiary/aromatic N) is 1. The van der Waals surface area contributed by atoms with Crippen LogP contribution in [0.25, 0.3) is 0 Å². The molecule has 162 valence electrons. The highest BCUT2D eigenvalue weighted by Gasteiger charge is 2.19. The Bertz CT molecular complexity index is 852. The summed E-state index contributed by atoms with van der Waals surface area (Å²) in [5.74, 6) is 0.400. The van der Waals surface area contributed by atoms with E-state index in [0.717, 1.165) is 60.8 Å². The van der Waals surface area contributed by atoms with Crippen LogP contribution in [0.1, 0.15) is 56.9 Å². The van der Waals surface area contributed by atoms with Crippen molar-refractivity contribution in [3.8, 4) is 0 Å². The molecule has 1 unspecified atom stereocenters. The van der Waals surface area contributed by atoms with Crippen molar-refractivity contribution in [1.82, 2.24) is 9.62 Å². The molecular weight excluding hydrogens is 424 g/mol. The van der Waals surface area contributed by atoms with Gasteiger partial charge < -0.3 is 0 Å². The van der Waals surface area contributed by atoms with Gasteiger partial charge in [-0.1, -0.05) is 63.8 Å². The number of hydrogen-bond donors (Lipinski definition) is 1. The number of hydrogen-bond acceptors (Lipinski definition) is 4. The lowest BCUT2D eigenvalue weighted by atomic mass is 10.00. The molecule has 1 aromatic heterocycles. The van der Waals surface area contributed by atoms with E-state index in [2.05, 4.69) is 36.5 Å². The molecule has 0 amide bonds. The van der Waals surface area contributed by atoms with Crippen LogP contribution in [0.5, 0.6) is 0 Å². The summed E-state index contributed by atoms with van der Waals surface area (Å²) in [6, 6.07) is 11.5. The number of unbranched alkanes of at least 4 members (excludes halogenated alkanes) is 1. The zero-order valence-corrected chi connectivity index (χ0v) is 20.0. The predicted molar refractivity (Wildman–Crippen MR) is 124 cm³/mol. The van der Waals surface area contributed by atoms with Crippen LogP contribution >= 0.6 is 22.9 Å². The van der Waals surface area contributed by atoms with Crippen LogP contribution in [-0.4, -0.2) is 26.4 Å². The third-order valence-electron chi connectivity index (χ3n) is 5.13. The smallest absolute Gasteiger partial charge is 0.250 e. The highest BCUT2D eigenvalue weighted by atomic mass is 35.5. The van der Waals surface area contributed by atoms with Crippen LogP contribution in [0.2, 0.25) is 5.02 Å². The second kappa shape index (κ2) is 12.1. The van der Waals surface area contributed by atoms with Crippen LogP contribution in [0, 0.1) is 5.92 Å². The molecule has 1 aromatic carbocycles. The van der Waals surface area contributed by atoms with Gasteiger partial charge in [-0.05, 0) is 48.7 Å². The summed E-state index contributed by atoms with van der Waals surface area (Å²) >= 11 is 7.44. The van der Waals surface area contributed by atoms with E-state index in [1.165, 1.54) is 11.3 Å². The van der Waals surface area contributed by atoms with Crippen LogP contribution in [0.15, 0.2) is 40.6 Å². The molecule has 0 bridgehead atoms. The third kappa shape index (κ3) is 8.02. The molecule has 0 saturated carbocycles. The molecule has 0 radical (unpaired) electrons. The molecular formula is C22H33ClN2O2S2. The van der Waals surface area contributed by atoms with Crippen LogP contribution < -0.4 is 4.72 Å². The lowest BCUT2D eigenvalue weighted by Crippen LogP contribution is -2.28. The van der Waals surface area contributed by atoms with Gasteiger partial charge in [0.1, 0.15) is 4.21 Å². The molecule has 4 nitrogen and oxygen atoms in total. The van der Waals surface area contributed by atoms with E-state index in [1.807, 2.05) is 24.3 Å². The fourth-order valence-electron chi connectivity index (χ4n) is 3.22. The summed E-state index contributed by atoms with van der Waals surface area (Å²) in [4.78, 5) is 3.33. The Labute approximate surface area is 185 Å². The Kier molecular flexibility index (Phi) is 10.1. The van der Waals surface area contributed by atoms with Gasteiger partial charge in [0, 0.05) is 29.5 Å². The Morgan fingerprint density at radius 2 is 1.93 bits per heavy atom. The molecule has 0 spiro atoms. The highest BCUT2D eigenvalue weighted by Crippen LogP contribution is 2.24. The number of sulfonamides is 1. The maximum absolute atomic E-state index is 12.7. The second-order valence-corrected chi connectivity index (χ2v) is 11.0. The maximum atomic E-state index is 12.7. The van der Waals surface area contributed by atoms with Gasteiger partial charge in [0.2, 0.25) is 10.0 Å². The molecule has 0 saturated heterocycles. The molecule has 0 fully saturated rings. The topological polar surface area (TPSA) is 49.4 Å². The van der Waals surface area contributed by atoms with E-state index in [1.54, 1.807) is 6.07 Å². The molecule has 29 heavy (non-hydrogen) atoms. The average Bonchev–Trinajstić information content (AvgIpc) is 3.17. The standard InChI is InChI=1S/C22H33ClN2O2S2/c1-4-7-9-18(5-2)15-24-29(26,27)22-13-12-21(28-22)17-25(6-3)16-19-10-8-11-20(23)14-19/h8,10-14,18,24H,4-7,9,15-17H2,1-3H3. The summed E-state index contributed by atoms with van der Waals surface area (Å²) in [6.45, 7) is 9.29. The van der Waals surface area contributed by atoms with Crippen molar-refractivity contribution in [3.05, 3.63) is 51.9 Å². The molecule has 1 heterocycles. The lowest BCUT2D eigenvalue weighted by Gasteiger charge is -2.19. The maximum Gasteiger partial charge on any atom is 0.250 e. The van der Waals surface area contributed by atoms with Gasteiger partial charge in [-0.3, -0.25) is 4.90 Å². The van der Waals surface area contributed by atoms with Crippen molar-refractivity contribution in [1.29, 1.82) is 0 Å². The Balaban J connectivity index is 1.97. The minimum Gasteiger partial charge on any atom is -0.294 e. The normalized spacial score (nSPS) is 13.1. The SMILES string of the molecule is CCCCC(CC)CNS(=O)(=O)c1ccc(CN(CC)Cc2cccc(Cl)c2)s1. The Morgan fingerprint density at radius 3 is 2.59 bits per heavy atom. The van der Waals surface area contributed by atoms with E-state index < -0.39 is 10.0 Å². The summed E-state index contributed by atoms with van der Waals surface area (Å²) in [7, 11) is -3.44. The first-order chi connectivity index (χ1) is 13.9. The largest absolute Gasteiger partial charge is 0.294 e. The number of nitrogens with one attached hydrogen (secondary N) is 1. The molecule has 7 heteroatoms. The highest BCUT2D eigenvalue weighted by molar-refractivity contribution is 7.91. The number of thiophene rings is 1. The first kappa shape index (κ1) is 24.4. The molecule has 0 aliphatic rings. The van der Waals surface area contributed by atoms with E-state index in [-0.39, 0.29) is 0 Å². The van der Waals surface area contributed by atoms with Crippen LogP contribution in [0.3, 0.4) is 0 Å². The average molecular weight is 457 g/mol. The summed E-state index contributed by atoms with van der Waals surface area (Å²) < 4.78 is 28.6. The Hall–Kier alpha value is -0.920. The van der Waals surface area contributed by atoms with Gasteiger partial charge in [0.25, 0.3) is 0 Å². The van der Waals surface area contributed by atoms with E-state index in [9.17, 15) is 8.42 Å². The first-order valence-electron chi connectivity index (χ1n) is 10.4. The minimum absolute atomic E-state index is 0.400. The van der Waals surface area contributed by atoms with Crippen molar-refractivity contribution in [2.75, 3.05) is 13.1 Å². The third-order valence-corrected chi connectivity index (χ3v) is 8.35. The van der Waals surface area contributed by atoms with Crippen molar-refractivity contribution >= 4 is 33.0 Å². The first-order valence-corrected chi connectivity index (χ1v) is 13.1. The van der Waals surface area contributed by atoms with Crippen molar-refractivity contribution < 1.29 is 8.42 Å². The second-order valence-electron chi connectivity index (χ2n) is 7.42. The monoisotopic (exact) mass is 456 g/mol. The van der Waals surface area contributed by atoms with Crippen LogP contribution in [-0.2, 0) is 23.1 Å². The molecule has 1 atom stereocenters. The fraction of sp³-hybridized carbons (Fsp3) is 0.545. The van der Waals surface area contributed by atoms with E-state index in [4.69, 9.17) is 11.6 Å². The summed E-state index contributed by atoms with van der Waals surface area (Å²) in [6.07, 6.45) is 4.34. The number of halogens is 1. The minimum atomic E-state index is -3.44. The van der Waals surface area contributed by atoms with Crippen LogP contribution in [0.4, 0.5) is 0 Å². The van der Waals surface area contributed by atoms with Gasteiger partial charge in [0.15, 0.2) is 0 Å². The molecule has 0 aliphatic carbocycles. The molecule has 0 aliphatic heterocycles. The van der Waals surface area contributed by atoms with E-state index >= 15 is 0 Å². The quantitative estimate of drug-likeness (QED) is 0.407. The molecule has 2 aromatic rings. The van der Waals surface area contributed by atoms with Crippen molar-refractivity contribution in [2.24, 2.45) is 5.92 Å². The summed E-state index contributed by atoms with van der Waals surface area (Å²) in [5.41, 5.74) is 1.16. The van der Waals surface area contributed by atoms with Gasteiger partial charge in [-0.25, -0.2) is 13.1 Å². The molecule has 1 N–H and O–H groups in total. The van der Waals surface area contributed by atoms with Gasteiger partial charge in [0.05, 0.1) is 0 Å². The van der Waals surface area contributed by atoms with Gasteiger partial charge >= 0.3 is 0 Å². The lowest BCUT2D eigenvalue weighted by molar-refractivity contribution is 0.274. The number of rotatable bonds is 13.